The highest BCUT2D eigenvalue weighted by atomic mass is 35.5. The van der Waals surface area contributed by atoms with Crippen molar-refractivity contribution in [3.05, 3.63) is 44.9 Å². The maximum absolute atomic E-state index is 5.91. The summed E-state index contributed by atoms with van der Waals surface area (Å²) in [5.74, 6) is 0. The maximum Gasteiger partial charge on any atom is 0.0985 e. The van der Waals surface area contributed by atoms with Crippen LogP contribution in [0.5, 0.6) is 0 Å². The van der Waals surface area contributed by atoms with Gasteiger partial charge in [0.15, 0.2) is 0 Å². The fourth-order valence-electron chi connectivity index (χ4n) is 1.99. The van der Waals surface area contributed by atoms with Crippen molar-refractivity contribution < 1.29 is 0 Å². The quantitative estimate of drug-likeness (QED) is 0.801. The minimum absolute atomic E-state index is 0.105. The van der Waals surface area contributed by atoms with Crippen LogP contribution in [0.4, 0.5) is 5.69 Å². The van der Waals surface area contributed by atoms with Gasteiger partial charge in [0.2, 0.25) is 0 Å². The molecule has 1 N–H and O–H groups in total. The molecule has 0 aliphatic heterocycles. The van der Waals surface area contributed by atoms with E-state index in [0.29, 0.717) is 0 Å². The average Bonchev–Trinajstić information content (AvgIpc) is 2.74. The number of benzene rings is 1. The van der Waals surface area contributed by atoms with Crippen LogP contribution in [0.15, 0.2) is 24.3 Å². The SMILES string of the molecule is Cc1nc(C(C)(C)C)sc1C(C)Nc1ccc(Cl)cc1. The normalized spacial score (nSPS) is 13.3. The Labute approximate surface area is 130 Å². The second kappa shape index (κ2) is 5.74. The number of aromatic nitrogens is 1. The van der Waals surface area contributed by atoms with E-state index in [0.717, 1.165) is 16.4 Å². The average molecular weight is 309 g/mol. The van der Waals surface area contributed by atoms with Crippen molar-refractivity contribution in [3.8, 4) is 0 Å². The standard InChI is InChI=1S/C16H21ClN2S/c1-10(18-13-8-6-12(17)7-9-13)14-11(2)19-15(20-14)16(3,4)5/h6-10,18H,1-5H3. The molecule has 1 heterocycles. The first kappa shape index (κ1) is 15.3. The summed E-state index contributed by atoms with van der Waals surface area (Å²) in [7, 11) is 0. The summed E-state index contributed by atoms with van der Waals surface area (Å²) in [6.45, 7) is 10.9. The van der Waals surface area contributed by atoms with Crippen LogP contribution in [0.1, 0.15) is 49.3 Å². The maximum atomic E-state index is 5.91. The van der Waals surface area contributed by atoms with Crippen LogP contribution in [-0.2, 0) is 5.41 Å². The molecule has 0 amide bonds. The van der Waals surface area contributed by atoms with Gasteiger partial charge >= 0.3 is 0 Å². The molecule has 0 radical (unpaired) electrons. The zero-order valence-corrected chi connectivity index (χ0v) is 14.2. The van der Waals surface area contributed by atoms with E-state index in [9.17, 15) is 0 Å². The van der Waals surface area contributed by atoms with Crippen LogP contribution >= 0.6 is 22.9 Å². The molecule has 1 atom stereocenters. The van der Waals surface area contributed by atoms with Gasteiger partial charge in [-0.25, -0.2) is 4.98 Å². The van der Waals surface area contributed by atoms with Crippen LogP contribution in [0.25, 0.3) is 0 Å². The van der Waals surface area contributed by atoms with Crippen molar-refractivity contribution in [1.82, 2.24) is 4.98 Å². The molecule has 2 nitrogen and oxygen atoms in total. The first-order chi connectivity index (χ1) is 9.27. The molecule has 0 aliphatic rings. The van der Waals surface area contributed by atoms with Crippen LogP contribution < -0.4 is 5.32 Å². The highest BCUT2D eigenvalue weighted by Gasteiger charge is 2.22. The van der Waals surface area contributed by atoms with E-state index >= 15 is 0 Å². The third-order valence-electron chi connectivity index (χ3n) is 3.09. The molecular weight excluding hydrogens is 288 g/mol. The highest BCUT2D eigenvalue weighted by molar-refractivity contribution is 7.12. The zero-order chi connectivity index (χ0) is 14.9. The Morgan fingerprint density at radius 2 is 1.80 bits per heavy atom. The van der Waals surface area contributed by atoms with Crippen LogP contribution in [0.3, 0.4) is 0 Å². The second-order valence-electron chi connectivity index (χ2n) is 6.09. The minimum Gasteiger partial charge on any atom is -0.378 e. The van der Waals surface area contributed by atoms with Crippen molar-refractivity contribution >= 4 is 28.6 Å². The lowest BCUT2D eigenvalue weighted by Gasteiger charge is -2.15. The molecule has 0 saturated carbocycles. The number of anilines is 1. The fraction of sp³-hybridized carbons (Fsp3) is 0.438. The number of aryl methyl sites for hydroxylation is 1. The lowest BCUT2D eigenvalue weighted by molar-refractivity contribution is 0.584. The molecule has 0 aliphatic carbocycles. The number of hydrogen-bond acceptors (Lipinski definition) is 3. The highest BCUT2D eigenvalue weighted by Crippen LogP contribution is 2.33. The Balaban J connectivity index is 2.19. The molecule has 1 aromatic heterocycles. The summed E-state index contributed by atoms with van der Waals surface area (Å²) >= 11 is 7.71. The molecule has 0 spiro atoms. The third kappa shape index (κ3) is 3.53. The summed E-state index contributed by atoms with van der Waals surface area (Å²) in [4.78, 5) is 6.01. The summed E-state index contributed by atoms with van der Waals surface area (Å²) in [5, 5.41) is 5.45. The van der Waals surface area contributed by atoms with E-state index in [2.05, 4.69) is 39.9 Å². The smallest absolute Gasteiger partial charge is 0.0985 e. The molecule has 1 aromatic carbocycles. The third-order valence-corrected chi connectivity index (χ3v) is 5.11. The number of nitrogens with one attached hydrogen (secondary N) is 1. The first-order valence-electron chi connectivity index (χ1n) is 6.77. The van der Waals surface area contributed by atoms with Crippen molar-refractivity contribution in [2.45, 2.75) is 46.1 Å². The summed E-state index contributed by atoms with van der Waals surface area (Å²) in [6.07, 6.45) is 0. The second-order valence-corrected chi connectivity index (χ2v) is 7.56. The number of hydrogen-bond donors (Lipinski definition) is 1. The van der Waals surface area contributed by atoms with Crippen molar-refractivity contribution in [1.29, 1.82) is 0 Å². The van der Waals surface area contributed by atoms with E-state index in [1.165, 1.54) is 9.88 Å². The van der Waals surface area contributed by atoms with Crippen molar-refractivity contribution in [2.75, 3.05) is 5.32 Å². The summed E-state index contributed by atoms with van der Waals surface area (Å²) in [6, 6.07) is 8.04. The van der Waals surface area contributed by atoms with Crippen LogP contribution in [0, 0.1) is 6.92 Å². The van der Waals surface area contributed by atoms with Gasteiger partial charge in [0.1, 0.15) is 0 Å². The molecule has 0 saturated heterocycles. The number of nitrogens with zero attached hydrogens (tertiary/aromatic N) is 1. The van der Waals surface area contributed by atoms with Gasteiger partial charge in [-0.2, -0.15) is 0 Å². The first-order valence-corrected chi connectivity index (χ1v) is 7.96. The number of halogens is 1. The van der Waals surface area contributed by atoms with Crippen LogP contribution in [-0.4, -0.2) is 4.98 Å². The largest absolute Gasteiger partial charge is 0.378 e. The number of thiazole rings is 1. The molecule has 0 fully saturated rings. The van der Waals surface area contributed by atoms with E-state index in [1.807, 2.05) is 24.3 Å². The van der Waals surface area contributed by atoms with Gasteiger partial charge in [0, 0.05) is 21.0 Å². The predicted octanol–water partition coefficient (Wildman–Crippen LogP) is 5.58. The van der Waals surface area contributed by atoms with Gasteiger partial charge in [-0.15, -0.1) is 11.3 Å². The Bertz CT molecular complexity index is 582. The molecule has 2 rings (SSSR count). The monoisotopic (exact) mass is 308 g/mol. The minimum atomic E-state index is 0.105. The van der Waals surface area contributed by atoms with Gasteiger partial charge < -0.3 is 5.32 Å². The molecule has 1 unspecified atom stereocenters. The summed E-state index contributed by atoms with van der Waals surface area (Å²) < 4.78 is 0. The van der Waals surface area contributed by atoms with Gasteiger partial charge in [-0.1, -0.05) is 32.4 Å². The topological polar surface area (TPSA) is 24.9 Å². The summed E-state index contributed by atoms with van der Waals surface area (Å²) in [5.41, 5.74) is 2.30. The van der Waals surface area contributed by atoms with Crippen molar-refractivity contribution in [2.24, 2.45) is 0 Å². The molecule has 108 valence electrons. The Hall–Kier alpha value is -1.06. The van der Waals surface area contributed by atoms with Gasteiger partial charge in [0.25, 0.3) is 0 Å². The molecule has 4 heteroatoms. The van der Waals surface area contributed by atoms with Gasteiger partial charge in [-0.3, -0.25) is 0 Å². The molecule has 20 heavy (non-hydrogen) atoms. The Morgan fingerprint density at radius 3 is 2.30 bits per heavy atom. The fourth-order valence-corrected chi connectivity index (χ4v) is 3.24. The molecule has 0 bridgehead atoms. The van der Waals surface area contributed by atoms with E-state index in [4.69, 9.17) is 16.6 Å². The van der Waals surface area contributed by atoms with Gasteiger partial charge in [-0.05, 0) is 38.1 Å². The lowest BCUT2D eigenvalue weighted by atomic mass is 9.98. The molecular formula is C16H21ClN2S. The van der Waals surface area contributed by atoms with E-state index in [-0.39, 0.29) is 11.5 Å². The van der Waals surface area contributed by atoms with Gasteiger partial charge in [0.05, 0.1) is 16.7 Å². The Kier molecular flexibility index (Phi) is 4.40. The zero-order valence-electron chi connectivity index (χ0n) is 12.6. The van der Waals surface area contributed by atoms with E-state index in [1.54, 1.807) is 11.3 Å². The van der Waals surface area contributed by atoms with Crippen LogP contribution in [0.2, 0.25) is 5.02 Å². The lowest BCUT2D eigenvalue weighted by Crippen LogP contribution is -2.10. The number of rotatable bonds is 3. The molecule has 2 aromatic rings. The van der Waals surface area contributed by atoms with E-state index < -0.39 is 0 Å². The van der Waals surface area contributed by atoms with Crippen molar-refractivity contribution in [3.63, 3.8) is 0 Å². The predicted molar refractivity (Wildman–Crippen MR) is 89.0 cm³/mol. The Morgan fingerprint density at radius 1 is 1.20 bits per heavy atom.